The lowest BCUT2D eigenvalue weighted by Gasteiger charge is -2.42. The van der Waals surface area contributed by atoms with Gasteiger partial charge in [-0.25, -0.2) is 4.79 Å². The van der Waals surface area contributed by atoms with Crippen molar-refractivity contribution in [2.24, 2.45) is 5.73 Å². The summed E-state index contributed by atoms with van der Waals surface area (Å²) in [6, 6.07) is 7.48. The Labute approximate surface area is 143 Å². The number of nitrogens with two attached hydrogens (primary N) is 1. The van der Waals surface area contributed by atoms with Gasteiger partial charge in [0.2, 0.25) is 5.78 Å². The molecule has 2 aliphatic rings. The van der Waals surface area contributed by atoms with Crippen LogP contribution in [0.25, 0.3) is 0 Å². The molecular formula is C16H19N3O6. The molecule has 0 spiro atoms. The first-order chi connectivity index (χ1) is 11.8. The minimum Gasteiger partial charge on any atom is -0.388 e. The highest BCUT2D eigenvalue weighted by Crippen LogP contribution is 2.23. The molecule has 2 amide bonds. The molecule has 6 N–H and O–H groups in total. The Morgan fingerprint density at radius 3 is 2.56 bits per heavy atom. The van der Waals surface area contributed by atoms with Gasteiger partial charge in [0, 0.05) is 11.8 Å². The predicted molar refractivity (Wildman–Crippen MR) is 85.0 cm³/mol. The van der Waals surface area contributed by atoms with Crippen molar-refractivity contribution in [3.05, 3.63) is 48.2 Å². The van der Waals surface area contributed by atoms with E-state index in [1.807, 2.05) is 0 Å². The van der Waals surface area contributed by atoms with E-state index < -0.39 is 42.0 Å². The number of carbonyl (C=O) groups excluding carboxylic acids is 2. The van der Waals surface area contributed by atoms with Gasteiger partial charge in [-0.15, -0.1) is 0 Å². The lowest BCUT2D eigenvalue weighted by Crippen LogP contribution is -2.68. The van der Waals surface area contributed by atoms with Gasteiger partial charge in [-0.3, -0.25) is 15.4 Å². The van der Waals surface area contributed by atoms with Gasteiger partial charge in [-0.05, 0) is 6.08 Å². The number of aliphatic hydroxyl groups is 3. The van der Waals surface area contributed by atoms with Crippen molar-refractivity contribution >= 4 is 11.8 Å². The molecule has 1 unspecified atom stereocenters. The van der Waals surface area contributed by atoms with E-state index in [0.29, 0.717) is 5.56 Å². The van der Waals surface area contributed by atoms with E-state index in [1.54, 1.807) is 30.3 Å². The first-order valence-electron chi connectivity index (χ1n) is 7.68. The molecular weight excluding hydrogens is 330 g/mol. The van der Waals surface area contributed by atoms with Gasteiger partial charge < -0.3 is 25.4 Å². The van der Waals surface area contributed by atoms with Gasteiger partial charge in [0.25, 0.3) is 0 Å². The normalized spacial score (nSPS) is 35.4. The molecule has 25 heavy (non-hydrogen) atoms. The van der Waals surface area contributed by atoms with Crippen molar-refractivity contribution in [2.75, 3.05) is 6.61 Å². The van der Waals surface area contributed by atoms with Crippen LogP contribution in [-0.4, -0.2) is 68.8 Å². The number of urea groups is 1. The molecule has 0 aliphatic carbocycles. The lowest BCUT2D eigenvalue weighted by molar-refractivity contribution is -0.213. The summed E-state index contributed by atoms with van der Waals surface area (Å²) >= 11 is 0. The average molecular weight is 349 g/mol. The molecule has 1 aromatic carbocycles. The number of ether oxygens (including phenoxy) is 1. The van der Waals surface area contributed by atoms with Crippen molar-refractivity contribution in [1.82, 2.24) is 10.2 Å². The van der Waals surface area contributed by atoms with E-state index in [2.05, 4.69) is 5.32 Å². The van der Waals surface area contributed by atoms with Crippen LogP contribution in [0, 0.1) is 0 Å². The molecule has 0 aromatic heterocycles. The van der Waals surface area contributed by atoms with Crippen LogP contribution in [-0.2, 0) is 4.74 Å². The largest absolute Gasteiger partial charge is 0.388 e. The Morgan fingerprint density at radius 2 is 1.92 bits per heavy atom. The average Bonchev–Trinajstić information content (AvgIpc) is 2.61. The molecule has 1 fully saturated rings. The van der Waals surface area contributed by atoms with Gasteiger partial charge >= 0.3 is 6.03 Å². The summed E-state index contributed by atoms with van der Waals surface area (Å²) in [6.45, 7) is -0.253. The summed E-state index contributed by atoms with van der Waals surface area (Å²) < 4.78 is 5.22. The number of amides is 2. The van der Waals surface area contributed by atoms with Gasteiger partial charge in [-0.2, -0.15) is 0 Å². The molecule has 3 rings (SSSR count). The fourth-order valence-corrected chi connectivity index (χ4v) is 2.75. The van der Waals surface area contributed by atoms with Crippen molar-refractivity contribution in [3.8, 4) is 0 Å². The zero-order valence-corrected chi connectivity index (χ0v) is 13.1. The zero-order chi connectivity index (χ0) is 18.2. The van der Waals surface area contributed by atoms with Crippen LogP contribution in [0.3, 0.4) is 0 Å². The topological polar surface area (TPSA) is 145 Å². The second kappa shape index (κ2) is 6.54. The van der Waals surface area contributed by atoms with E-state index in [4.69, 9.17) is 10.5 Å². The van der Waals surface area contributed by atoms with Crippen molar-refractivity contribution < 1.29 is 29.6 Å². The van der Waals surface area contributed by atoms with Crippen LogP contribution in [0.2, 0.25) is 0 Å². The highest BCUT2D eigenvalue weighted by Gasteiger charge is 2.45. The summed E-state index contributed by atoms with van der Waals surface area (Å²) in [5.41, 5.74) is 4.60. The fraction of sp³-hybridized carbons (Fsp3) is 0.375. The smallest absolute Gasteiger partial charge is 0.325 e. The van der Waals surface area contributed by atoms with Crippen LogP contribution >= 0.6 is 0 Å². The number of aliphatic hydroxyl groups excluding tert-OH is 3. The highest BCUT2D eigenvalue weighted by molar-refractivity contribution is 6.06. The summed E-state index contributed by atoms with van der Waals surface area (Å²) in [7, 11) is 0. The first kappa shape index (κ1) is 17.5. The second-order valence-corrected chi connectivity index (χ2v) is 5.99. The molecule has 0 bridgehead atoms. The molecule has 5 atom stereocenters. The minimum absolute atomic E-state index is 0.253. The van der Waals surface area contributed by atoms with Gasteiger partial charge in [0.1, 0.15) is 18.3 Å². The lowest BCUT2D eigenvalue weighted by atomic mass is 9.97. The SMILES string of the molecule is NC1(C(=O)c2ccccc2)C=CN([C@@H]2OC[C@@H](O)[C@@H](O)[C@H]2O)C(=O)N1. The zero-order valence-electron chi connectivity index (χ0n) is 13.1. The van der Waals surface area contributed by atoms with E-state index in [-0.39, 0.29) is 6.61 Å². The van der Waals surface area contributed by atoms with E-state index in [1.165, 1.54) is 12.3 Å². The maximum Gasteiger partial charge on any atom is 0.325 e. The summed E-state index contributed by atoms with van der Waals surface area (Å²) in [4.78, 5) is 25.9. The predicted octanol–water partition coefficient (Wildman–Crippen LogP) is -1.50. The van der Waals surface area contributed by atoms with E-state index in [0.717, 1.165) is 4.90 Å². The Hall–Kier alpha value is -2.30. The van der Waals surface area contributed by atoms with Crippen molar-refractivity contribution in [3.63, 3.8) is 0 Å². The third kappa shape index (κ3) is 3.15. The van der Waals surface area contributed by atoms with E-state index >= 15 is 0 Å². The molecule has 9 nitrogen and oxygen atoms in total. The van der Waals surface area contributed by atoms with E-state index in [9.17, 15) is 24.9 Å². The molecule has 0 radical (unpaired) electrons. The Morgan fingerprint density at radius 1 is 1.24 bits per heavy atom. The Kier molecular flexibility index (Phi) is 4.58. The van der Waals surface area contributed by atoms with Crippen molar-refractivity contribution in [1.29, 1.82) is 0 Å². The molecule has 0 saturated carbocycles. The number of nitrogens with one attached hydrogen (secondary N) is 1. The summed E-state index contributed by atoms with van der Waals surface area (Å²) in [5.74, 6) is -0.502. The molecule has 1 aromatic rings. The fourth-order valence-electron chi connectivity index (χ4n) is 2.75. The Balaban J connectivity index is 1.81. The maximum absolute atomic E-state index is 12.5. The molecule has 2 aliphatic heterocycles. The first-order valence-corrected chi connectivity index (χ1v) is 7.68. The number of carbonyl (C=O) groups is 2. The maximum atomic E-state index is 12.5. The van der Waals surface area contributed by atoms with Gasteiger partial charge in [0.15, 0.2) is 11.9 Å². The number of hydrogen-bond donors (Lipinski definition) is 5. The quantitative estimate of drug-likeness (QED) is 0.418. The number of nitrogens with zero attached hydrogens (tertiary/aromatic N) is 1. The monoisotopic (exact) mass is 349 g/mol. The third-order valence-corrected chi connectivity index (χ3v) is 4.21. The van der Waals surface area contributed by atoms with Crippen LogP contribution in [0.4, 0.5) is 4.79 Å². The minimum atomic E-state index is -1.74. The standard InChI is InChI=1S/C16H19N3O6/c17-16(13(23)9-4-2-1-3-5-9)6-7-19(15(24)18-16)14-12(22)11(21)10(20)8-25-14/h1-7,10-12,14,20-22H,8,17H2,(H,18,24)/t10-,11-,12-,14-,16?/m1/s1. The summed E-state index contributed by atoms with van der Waals surface area (Å²) in [6.07, 6.45) is -2.96. The molecule has 9 heteroatoms. The van der Waals surface area contributed by atoms with Gasteiger partial charge in [-0.1, -0.05) is 30.3 Å². The number of hydrogen-bond acceptors (Lipinski definition) is 7. The third-order valence-electron chi connectivity index (χ3n) is 4.21. The number of rotatable bonds is 3. The van der Waals surface area contributed by atoms with Gasteiger partial charge in [0.05, 0.1) is 6.61 Å². The van der Waals surface area contributed by atoms with Crippen molar-refractivity contribution in [2.45, 2.75) is 30.2 Å². The van der Waals surface area contributed by atoms with Crippen LogP contribution in [0.5, 0.6) is 0 Å². The number of Topliss-reactive ketones (excluding diaryl/α,β-unsaturated/α-hetero) is 1. The Bertz CT molecular complexity index is 696. The summed E-state index contributed by atoms with van der Waals surface area (Å²) in [5, 5.41) is 31.6. The van der Waals surface area contributed by atoms with Crippen LogP contribution in [0.1, 0.15) is 10.4 Å². The number of ketones is 1. The molecule has 1 saturated heterocycles. The number of benzene rings is 1. The highest BCUT2D eigenvalue weighted by atomic mass is 16.5. The second-order valence-electron chi connectivity index (χ2n) is 5.99. The van der Waals surface area contributed by atoms with Crippen LogP contribution < -0.4 is 11.1 Å². The van der Waals surface area contributed by atoms with Crippen LogP contribution in [0.15, 0.2) is 42.6 Å². The molecule has 2 heterocycles. The molecule has 134 valence electrons.